The molecule has 1 heterocycles. The number of fused-ring (bicyclic) bond motifs is 1. The lowest BCUT2D eigenvalue weighted by Gasteiger charge is -2.06. The topological polar surface area (TPSA) is 59.6 Å². The molecule has 1 fully saturated rings. The van der Waals surface area contributed by atoms with E-state index >= 15 is 0 Å². The minimum atomic E-state index is -3.64. The summed E-state index contributed by atoms with van der Waals surface area (Å²) in [6, 6.07) is 3.95. The Bertz CT molecular complexity index is 503. The molecule has 1 aromatic carbocycles. The summed E-state index contributed by atoms with van der Waals surface area (Å²) in [5.74, 6) is -0.141. The third-order valence-electron chi connectivity index (χ3n) is 2.57. The molecule has 0 spiro atoms. The van der Waals surface area contributed by atoms with Crippen LogP contribution in [0.25, 0.3) is 0 Å². The summed E-state index contributed by atoms with van der Waals surface area (Å²) in [5.41, 5.74) is 0.369. The van der Waals surface area contributed by atoms with E-state index in [2.05, 4.69) is 20.1 Å². The highest BCUT2D eigenvalue weighted by atomic mass is 19.3. The molecule has 0 atom stereocenters. The summed E-state index contributed by atoms with van der Waals surface area (Å²) in [6.45, 7) is 0. The molecule has 1 aromatic rings. The first-order chi connectivity index (χ1) is 8.52. The van der Waals surface area contributed by atoms with Crippen LogP contribution in [-0.2, 0) is 0 Å². The molecule has 0 radical (unpaired) electrons. The second-order valence-electron chi connectivity index (χ2n) is 4.20. The lowest BCUT2D eigenvalue weighted by atomic mass is 10.3. The van der Waals surface area contributed by atoms with Gasteiger partial charge in [0.2, 0.25) is 0 Å². The molecule has 0 bridgehead atoms. The number of alkyl halides is 2. The van der Waals surface area contributed by atoms with Crippen molar-refractivity contribution >= 4 is 11.7 Å². The SMILES string of the molecule is O=C(Nc1ccc2c(c1)OC(F)(F)O2)NC1CC1. The number of anilines is 1. The van der Waals surface area contributed by atoms with Crippen LogP contribution in [0.4, 0.5) is 19.3 Å². The number of hydrogen-bond acceptors (Lipinski definition) is 3. The normalized spacial score (nSPS) is 19.4. The van der Waals surface area contributed by atoms with E-state index in [1.54, 1.807) is 0 Å². The van der Waals surface area contributed by atoms with Crippen molar-refractivity contribution in [2.24, 2.45) is 0 Å². The van der Waals surface area contributed by atoms with Gasteiger partial charge in [-0.2, -0.15) is 0 Å². The van der Waals surface area contributed by atoms with Gasteiger partial charge in [-0.15, -0.1) is 8.78 Å². The average molecular weight is 256 g/mol. The highest BCUT2D eigenvalue weighted by Crippen LogP contribution is 2.42. The van der Waals surface area contributed by atoms with Crippen LogP contribution >= 0.6 is 0 Å². The molecular weight excluding hydrogens is 246 g/mol. The minimum absolute atomic E-state index is 0.0480. The third kappa shape index (κ3) is 2.29. The number of carbonyl (C=O) groups excluding carboxylic acids is 1. The summed E-state index contributed by atoms with van der Waals surface area (Å²) in [4.78, 5) is 11.4. The Labute approximate surface area is 101 Å². The quantitative estimate of drug-likeness (QED) is 0.853. The van der Waals surface area contributed by atoms with Gasteiger partial charge in [-0.1, -0.05) is 0 Å². The summed E-state index contributed by atoms with van der Waals surface area (Å²) in [6.07, 6.45) is -1.70. The molecule has 1 aliphatic heterocycles. The number of urea groups is 1. The number of hydrogen-bond donors (Lipinski definition) is 2. The number of amides is 2. The molecule has 0 saturated heterocycles. The van der Waals surface area contributed by atoms with Crippen LogP contribution in [-0.4, -0.2) is 18.4 Å². The van der Waals surface area contributed by atoms with Gasteiger partial charge >= 0.3 is 12.3 Å². The minimum Gasteiger partial charge on any atom is -0.395 e. The van der Waals surface area contributed by atoms with Gasteiger partial charge in [-0.25, -0.2) is 4.79 Å². The van der Waals surface area contributed by atoms with Gasteiger partial charge in [0.25, 0.3) is 0 Å². The smallest absolute Gasteiger partial charge is 0.395 e. The van der Waals surface area contributed by atoms with Crippen LogP contribution in [0.1, 0.15) is 12.8 Å². The molecule has 2 N–H and O–H groups in total. The maximum Gasteiger partial charge on any atom is 0.586 e. The third-order valence-corrected chi connectivity index (χ3v) is 2.57. The standard InChI is InChI=1S/C11H10F2N2O3/c12-11(13)17-8-4-3-7(5-9(8)18-11)15-10(16)14-6-1-2-6/h3-6H,1-2H2,(H2,14,15,16). The van der Waals surface area contributed by atoms with Crippen LogP contribution in [0, 0.1) is 0 Å². The Kier molecular flexibility index (Phi) is 2.29. The van der Waals surface area contributed by atoms with Gasteiger partial charge in [0.1, 0.15) is 0 Å². The Morgan fingerprint density at radius 3 is 2.72 bits per heavy atom. The van der Waals surface area contributed by atoms with Crippen LogP contribution in [0.15, 0.2) is 18.2 Å². The zero-order valence-corrected chi connectivity index (χ0v) is 9.20. The molecule has 1 saturated carbocycles. The maximum absolute atomic E-state index is 12.8. The Morgan fingerprint density at radius 1 is 1.28 bits per heavy atom. The van der Waals surface area contributed by atoms with Crippen LogP contribution < -0.4 is 20.1 Å². The summed E-state index contributed by atoms with van der Waals surface area (Å²) < 4.78 is 34.1. The van der Waals surface area contributed by atoms with Crippen molar-refractivity contribution < 1.29 is 23.0 Å². The summed E-state index contributed by atoms with van der Waals surface area (Å²) >= 11 is 0. The summed E-state index contributed by atoms with van der Waals surface area (Å²) in [5, 5.41) is 5.26. The molecule has 7 heteroatoms. The number of halogens is 2. The molecular formula is C11H10F2N2O3. The van der Waals surface area contributed by atoms with Gasteiger partial charge in [0.05, 0.1) is 0 Å². The average Bonchev–Trinajstić information content (AvgIpc) is 2.99. The van der Waals surface area contributed by atoms with E-state index in [9.17, 15) is 13.6 Å². The largest absolute Gasteiger partial charge is 0.586 e. The Balaban J connectivity index is 1.69. The fraction of sp³-hybridized carbons (Fsp3) is 0.364. The monoisotopic (exact) mass is 256 g/mol. The predicted molar refractivity (Wildman–Crippen MR) is 57.8 cm³/mol. The van der Waals surface area contributed by atoms with Gasteiger partial charge in [-0.05, 0) is 25.0 Å². The number of nitrogens with one attached hydrogen (secondary N) is 2. The van der Waals surface area contributed by atoms with E-state index in [4.69, 9.17) is 0 Å². The van der Waals surface area contributed by atoms with Gasteiger partial charge < -0.3 is 20.1 Å². The fourth-order valence-electron chi connectivity index (χ4n) is 1.61. The number of benzene rings is 1. The predicted octanol–water partition coefficient (Wildman–Crippen LogP) is 2.29. The first-order valence-electron chi connectivity index (χ1n) is 5.49. The van der Waals surface area contributed by atoms with Crippen LogP contribution in [0.2, 0.25) is 0 Å². The van der Waals surface area contributed by atoms with Crippen molar-refractivity contribution in [3.8, 4) is 11.5 Å². The van der Waals surface area contributed by atoms with Gasteiger partial charge in [-0.3, -0.25) is 0 Å². The molecule has 0 unspecified atom stereocenters. The number of carbonyl (C=O) groups is 1. The molecule has 3 rings (SSSR count). The maximum atomic E-state index is 12.8. The highest BCUT2D eigenvalue weighted by Gasteiger charge is 2.43. The van der Waals surface area contributed by atoms with Crippen molar-refractivity contribution in [2.45, 2.75) is 25.2 Å². The van der Waals surface area contributed by atoms with Crippen molar-refractivity contribution in [1.82, 2.24) is 5.32 Å². The second-order valence-corrected chi connectivity index (χ2v) is 4.20. The molecule has 18 heavy (non-hydrogen) atoms. The summed E-state index contributed by atoms with van der Waals surface area (Å²) in [7, 11) is 0. The van der Waals surface area contributed by atoms with Crippen molar-refractivity contribution in [2.75, 3.05) is 5.32 Å². The number of ether oxygens (including phenoxy) is 2. The van der Waals surface area contributed by atoms with Gasteiger partial charge in [0, 0.05) is 17.8 Å². The molecule has 2 amide bonds. The van der Waals surface area contributed by atoms with Crippen molar-refractivity contribution in [3.63, 3.8) is 0 Å². The van der Waals surface area contributed by atoms with Crippen molar-refractivity contribution in [3.05, 3.63) is 18.2 Å². The second kappa shape index (κ2) is 3.72. The molecule has 0 aromatic heterocycles. The zero-order chi connectivity index (χ0) is 12.8. The zero-order valence-electron chi connectivity index (χ0n) is 9.20. The lowest BCUT2D eigenvalue weighted by Crippen LogP contribution is -2.30. The molecule has 2 aliphatic rings. The molecule has 96 valence electrons. The van der Waals surface area contributed by atoms with Gasteiger partial charge in [0.15, 0.2) is 11.5 Å². The number of rotatable bonds is 2. The molecule has 5 nitrogen and oxygen atoms in total. The van der Waals surface area contributed by atoms with E-state index in [0.29, 0.717) is 5.69 Å². The first kappa shape index (κ1) is 11.1. The fourth-order valence-corrected chi connectivity index (χ4v) is 1.61. The highest BCUT2D eigenvalue weighted by molar-refractivity contribution is 5.90. The van der Waals surface area contributed by atoms with Crippen LogP contribution in [0.3, 0.4) is 0 Å². The van der Waals surface area contributed by atoms with Crippen LogP contribution in [0.5, 0.6) is 11.5 Å². The van der Waals surface area contributed by atoms with E-state index in [0.717, 1.165) is 12.8 Å². The van der Waals surface area contributed by atoms with Crippen molar-refractivity contribution in [1.29, 1.82) is 0 Å². The lowest BCUT2D eigenvalue weighted by molar-refractivity contribution is -0.286. The van der Waals surface area contributed by atoms with E-state index < -0.39 is 6.29 Å². The van der Waals surface area contributed by atoms with E-state index in [1.807, 2.05) is 0 Å². The molecule has 1 aliphatic carbocycles. The van der Waals surface area contributed by atoms with E-state index in [-0.39, 0.29) is 23.6 Å². The Hall–Kier alpha value is -2.05. The Morgan fingerprint density at radius 2 is 2.00 bits per heavy atom. The van der Waals surface area contributed by atoms with E-state index in [1.165, 1.54) is 18.2 Å². The first-order valence-corrected chi connectivity index (χ1v) is 5.49.